The van der Waals surface area contributed by atoms with E-state index < -0.39 is 58.1 Å². The van der Waals surface area contributed by atoms with Crippen LogP contribution in [0.4, 0.5) is 30.7 Å². The third-order valence-electron chi connectivity index (χ3n) is 5.72. The predicted molar refractivity (Wildman–Crippen MR) is 115 cm³/mol. The van der Waals surface area contributed by atoms with Crippen LogP contribution in [-0.4, -0.2) is 30.6 Å². The zero-order chi connectivity index (χ0) is 26.5. The molecule has 2 aromatic carbocycles. The SMILES string of the molecule is O=C(CC(F)(F)F)NCc1ccc(C2=NO[C@@](c3cc(Cl)c(F)c(Cl)c3)(C(F)(F)F)C2)c2c1OCC2. The molecule has 14 heteroatoms. The maximum atomic E-state index is 14.3. The molecule has 0 radical (unpaired) electrons. The minimum atomic E-state index is -4.99. The van der Waals surface area contributed by atoms with Crippen LogP contribution in [0.1, 0.15) is 35.1 Å². The summed E-state index contributed by atoms with van der Waals surface area (Å²) in [5.74, 6) is -2.08. The van der Waals surface area contributed by atoms with E-state index in [2.05, 4.69) is 10.5 Å². The van der Waals surface area contributed by atoms with Crippen molar-refractivity contribution >= 4 is 34.8 Å². The van der Waals surface area contributed by atoms with E-state index >= 15 is 0 Å². The lowest BCUT2D eigenvalue weighted by Crippen LogP contribution is -2.42. The number of nitrogens with one attached hydrogen (secondary N) is 1. The number of oxime groups is 1. The van der Waals surface area contributed by atoms with Gasteiger partial charge in [-0.15, -0.1) is 0 Å². The smallest absolute Gasteiger partial charge is 0.435 e. The van der Waals surface area contributed by atoms with E-state index in [4.69, 9.17) is 32.8 Å². The van der Waals surface area contributed by atoms with Crippen LogP contribution in [0.15, 0.2) is 29.4 Å². The number of rotatable bonds is 5. The van der Waals surface area contributed by atoms with E-state index in [1.54, 1.807) is 0 Å². The molecule has 1 amide bonds. The van der Waals surface area contributed by atoms with E-state index in [0.29, 0.717) is 11.1 Å². The molecule has 36 heavy (non-hydrogen) atoms. The summed E-state index contributed by atoms with van der Waals surface area (Å²) in [5, 5.41) is 4.58. The standard InChI is InChI=1S/C22H15Cl2F7N2O3/c23-14-5-11(6-15(24)18(14)25)20(22(29,30)31)7-16(33-36-20)12-2-1-10(19-13(12)3-4-35-19)9-32-17(34)8-21(26,27)28/h1-2,5-6H,3-4,7-9H2,(H,32,34)/t20-/m0/s1. The van der Waals surface area contributed by atoms with Gasteiger partial charge in [-0.05, 0) is 12.1 Å². The van der Waals surface area contributed by atoms with Gasteiger partial charge in [0.1, 0.15) is 12.2 Å². The normalized spacial score (nSPS) is 19.4. The zero-order valence-electron chi connectivity index (χ0n) is 17.9. The molecule has 2 aliphatic heterocycles. The number of amides is 1. The Morgan fingerprint density at radius 1 is 1.11 bits per heavy atom. The van der Waals surface area contributed by atoms with Crippen LogP contribution in [0.5, 0.6) is 5.75 Å². The summed E-state index contributed by atoms with van der Waals surface area (Å²) in [4.78, 5) is 16.5. The first-order valence-electron chi connectivity index (χ1n) is 10.3. The molecule has 0 aromatic heterocycles. The lowest BCUT2D eigenvalue weighted by molar-refractivity contribution is -0.275. The Bertz CT molecular complexity index is 1220. The van der Waals surface area contributed by atoms with Crippen LogP contribution in [0.3, 0.4) is 0 Å². The Kier molecular flexibility index (Phi) is 6.80. The van der Waals surface area contributed by atoms with Crippen molar-refractivity contribution in [3.63, 3.8) is 0 Å². The Morgan fingerprint density at radius 2 is 1.78 bits per heavy atom. The average molecular weight is 559 g/mol. The third kappa shape index (κ3) is 4.93. The highest BCUT2D eigenvalue weighted by atomic mass is 35.5. The number of nitrogens with zero attached hydrogens (tertiary/aromatic N) is 1. The van der Waals surface area contributed by atoms with E-state index in [1.807, 2.05) is 0 Å². The lowest BCUT2D eigenvalue weighted by Gasteiger charge is -2.29. The van der Waals surface area contributed by atoms with Crippen LogP contribution in [0, 0.1) is 5.82 Å². The molecule has 0 unspecified atom stereocenters. The molecule has 194 valence electrons. The second-order valence-corrected chi connectivity index (χ2v) is 8.95. The van der Waals surface area contributed by atoms with Gasteiger partial charge in [-0.2, -0.15) is 26.3 Å². The van der Waals surface area contributed by atoms with Gasteiger partial charge in [0.05, 0.1) is 22.4 Å². The van der Waals surface area contributed by atoms with Crippen molar-refractivity contribution < 1.29 is 45.1 Å². The van der Waals surface area contributed by atoms with Crippen molar-refractivity contribution in [2.45, 2.75) is 43.8 Å². The van der Waals surface area contributed by atoms with Crippen molar-refractivity contribution in [3.8, 4) is 5.75 Å². The molecule has 5 nitrogen and oxygen atoms in total. The molecule has 4 rings (SSSR count). The molecule has 0 fully saturated rings. The molecule has 0 aliphatic carbocycles. The molecule has 1 atom stereocenters. The summed E-state index contributed by atoms with van der Waals surface area (Å²) in [6.45, 7) is -0.114. The van der Waals surface area contributed by atoms with E-state index in [1.165, 1.54) is 12.1 Å². The highest BCUT2D eigenvalue weighted by Gasteiger charge is 2.62. The summed E-state index contributed by atoms with van der Waals surface area (Å²) >= 11 is 11.4. The summed E-state index contributed by atoms with van der Waals surface area (Å²) < 4.78 is 99.3. The minimum absolute atomic E-state index is 0.0849. The summed E-state index contributed by atoms with van der Waals surface area (Å²) in [6, 6.07) is 4.39. The maximum absolute atomic E-state index is 14.3. The number of hydrogen-bond donors (Lipinski definition) is 1. The highest BCUT2D eigenvalue weighted by molar-refractivity contribution is 6.35. The number of carbonyl (C=O) groups excluding carboxylic acids is 1. The fraction of sp³-hybridized carbons (Fsp3) is 0.364. The summed E-state index contributed by atoms with van der Waals surface area (Å²) in [6.07, 6.45) is -11.8. The van der Waals surface area contributed by atoms with Gasteiger partial charge in [0.25, 0.3) is 5.60 Å². The quantitative estimate of drug-likeness (QED) is 0.350. The number of benzene rings is 2. The van der Waals surface area contributed by atoms with Crippen molar-refractivity contribution in [2.24, 2.45) is 5.16 Å². The molecule has 1 N–H and O–H groups in total. The number of halogens is 9. The maximum Gasteiger partial charge on any atom is 0.435 e. The fourth-order valence-corrected chi connectivity index (χ4v) is 4.53. The van der Waals surface area contributed by atoms with Crippen LogP contribution >= 0.6 is 23.2 Å². The second-order valence-electron chi connectivity index (χ2n) is 8.13. The van der Waals surface area contributed by atoms with Crippen LogP contribution in [0.25, 0.3) is 0 Å². The van der Waals surface area contributed by atoms with Gasteiger partial charge in [0, 0.05) is 41.6 Å². The van der Waals surface area contributed by atoms with Gasteiger partial charge in [-0.25, -0.2) is 4.39 Å². The van der Waals surface area contributed by atoms with Gasteiger partial charge in [-0.3, -0.25) is 4.79 Å². The number of ether oxygens (including phenoxy) is 1. The topological polar surface area (TPSA) is 59.9 Å². The number of fused-ring (bicyclic) bond motifs is 1. The molecule has 0 saturated carbocycles. The first-order valence-corrected chi connectivity index (χ1v) is 11.1. The Hall–Kier alpha value is -2.73. The number of carbonyl (C=O) groups is 1. The molecule has 2 aromatic rings. The number of alkyl halides is 6. The van der Waals surface area contributed by atoms with E-state index in [9.17, 15) is 35.5 Å². The summed E-state index contributed by atoms with van der Waals surface area (Å²) in [5.41, 5.74) is -2.52. The second kappa shape index (κ2) is 9.29. The first-order chi connectivity index (χ1) is 16.7. The van der Waals surface area contributed by atoms with E-state index in [0.717, 1.165) is 12.1 Å². The zero-order valence-corrected chi connectivity index (χ0v) is 19.4. The Labute approximate surface area is 209 Å². The lowest BCUT2D eigenvalue weighted by atomic mass is 9.85. The molecule has 0 spiro atoms. The Balaban J connectivity index is 1.63. The first kappa shape index (κ1) is 26.3. The summed E-state index contributed by atoms with van der Waals surface area (Å²) in [7, 11) is 0. The highest BCUT2D eigenvalue weighted by Crippen LogP contribution is 2.50. The third-order valence-corrected chi connectivity index (χ3v) is 6.27. The van der Waals surface area contributed by atoms with Gasteiger partial charge >= 0.3 is 12.4 Å². The van der Waals surface area contributed by atoms with Crippen molar-refractivity contribution in [1.29, 1.82) is 0 Å². The molecule has 0 saturated heterocycles. The van der Waals surface area contributed by atoms with Gasteiger partial charge in [-0.1, -0.05) is 40.5 Å². The molecule has 0 bridgehead atoms. The van der Waals surface area contributed by atoms with Crippen LogP contribution < -0.4 is 10.1 Å². The molecule has 2 heterocycles. The molecular formula is C22H15Cl2F7N2O3. The van der Waals surface area contributed by atoms with Gasteiger partial charge in [0.2, 0.25) is 5.91 Å². The van der Waals surface area contributed by atoms with Crippen molar-refractivity contribution in [1.82, 2.24) is 5.32 Å². The minimum Gasteiger partial charge on any atom is -0.493 e. The van der Waals surface area contributed by atoms with Crippen molar-refractivity contribution in [2.75, 3.05) is 6.61 Å². The number of hydrogen-bond acceptors (Lipinski definition) is 4. The largest absolute Gasteiger partial charge is 0.493 e. The van der Waals surface area contributed by atoms with Gasteiger partial charge in [0.15, 0.2) is 5.82 Å². The van der Waals surface area contributed by atoms with Crippen LogP contribution in [-0.2, 0) is 28.2 Å². The molecule has 2 aliphatic rings. The molecular weight excluding hydrogens is 544 g/mol. The monoisotopic (exact) mass is 558 g/mol. The fourth-order valence-electron chi connectivity index (χ4n) is 4.04. The van der Waals surface area contributed by atoms with Crippen molar-refractivity contribution in [3.05, 3.63) is 62.4 Å². The average Bonchev–Trinajstić information content (AvgIpc) is 3.42. The predicted octanol–water partition coefficient (Wildman–Crippen LogP) is 6.22. The van der Waals surface area contributed by atoms with Gasteiger partial charge < -0.3 is 14.9 Å². The van der Waals surface area contributed by atoms with Crippen LogP contribution in [0.2, 0.25) is 10.0 Å². The Morgan fingerprint density at radius 3 is 2.39 bits per heavy atom. The van der Waals surface area contributed by atoms with E-state index in [-0.39, 0.29) is 36.6 Å².